The first-order valence-corrected chi connectivity index (χ1v) is 6.91. The molecular formula is C15H18N2O4. The van der Waals surface area contributed by atoms with Crippen LogP contribution in [0.25, 0.3) is 6.08 Å². The van der Waals surface area contributed by atoms with Gasteiger partial charge in [0.1, 0.15) is 0 Å². The summed E-state index contributed by atoms with van der Waals surface area (Å²) in [6.07, 6.45) is 8.55. The van der Waals surface area contributed by atoms with Gasteiger partial charge in [-0.3, -0.25) is 9.78 Å². The number of hydrogen-bond donors (Lipinski definition) is 2. The fourth-order valence-electron chi connectivity index (χ4n) is 2.16. The number of pyridine rings is 1. The van der Waals surface area contributed by atoms with Gasteiger partial charge >= 0.3 is 5.97 Å². The highest BCUT2D eigenvalue weighted by molar-refractivity contribution is 5.94. The summed E-state index contributed by atoms with van der Waals surface area (Å²) >= 11 is 0. The minimum absolute atomic E-state index is 0.217. The van der Waals surface area contributed by atoms with E-state index >= 15 is 0 Å². The first-order valence-electron chi connectivity index (χ1n) is 6.91. The number of hydrogen-bond acceptors (Lipinski definition) is 4. The van der Waals surface area contributed by atoms with Gasteiger partial charge in [0.05, 0.1) is 11.7 Å². The normalized spacial score (nSPS) is 18.0. The SMILES string of the molecule is O=C(O)C=Cc1cncc(C(=O)NCCC2CCCO2)c1. The molecule has 1 aromatic rings. The van der Waals surface area contributed by atoms with Crippen LogP contribution in [-0.2, 0) is 9.53 Å². The molecule has 0 radical (unpaired) electrons. The van der Waals surface area contributed by atoms with Crippen LogP contribution in [0.3, 0.4) is 0 Å². The average molecular weight is 290 g/mol. The van der Waals surface area contributed by atoms with Gasteiger partial charge in [-0.15, -0.1) is 0 Å². The second-order valence-corrected chi connectivity index (χ2v) is 4.86. The molecule has 0 aliphatic carbocycles. The predicted molar refractivity (Wildman–Crippen MR) is 76.8 cm³/mol. The lowest BCUT2D eigenvalue weighted by atomic mass is 10.1. The summed E-state index contributed by atoms with van der Waals surface area (Å²) in [5, 5.41) is 11.4. The van der Waals surface area contributed by atoms with E-state index in [-0.39, 0.29) is 12.0 Å². The Labute approximate surface area is 122 Å². The van der Waals surface area contributed by atoms with Crippen LogP contribution in [0.2, 0.25) is 0 Å². The minimum Gasteiger partial charge on any atom is -0.478 e. The second kappa shape index (κ2) is 7.54. The lowest BCUT2D eigenvalue weighted by Gasteiger charge is -2.10. The Morgan fingerprint density at radius 1 is 1.48 bits per heavy atom. The summed E-state index contributed by atoms with van der Waals surface area (Å²) in [5.41, 5.74) is 0.985. The van der Waals surface area contributed by atoms with Crippen molar-refractivity contribution < 1.29 is 19.4 Å². The molecule has 1 aliphatic heterocycles. The number of nitrogens with one attached hydrogen (secondary N) is 1. The van der Waals surface area contributed by atoms with E-state index in [1.54, 1.807) is 6.07 Å². The predicted octanol–water partition coefficient (Wildman–Crippen LogP) is 1.48. The van der Waals surface area contributed by atoms with Gasteiger partial charge in [0.25, 0.3) is 5.91 Å². The molecule has 0 aromatic carbocycles. The van der Waals surface area contributed by atoms with Gasteiger partial charge in [-0.2, -0.15) is 0 Å². The van der Waals surface area contributed by atoms with E-state index in [0.717, 1.165) is 31.9 Å². The maximum Gasteiger partial charge on any atom is 0.328 e. The smallest absolute Gasteiger partial charge is 0.328 e. The number of amides is 1. The van der Waals surface area contributed by atoms with Crippen molar-refractivity contribution in [3.8, 4) is 0 Å². The van der Waals surface area contributed by atoms with E-state index in [4.69, 9.17) is 9.84 Å². The molecule has 6 nitrogen and oxygen atoms in total. The number of carboxylic acids is 1. The van der Waals surface area contributed by atoms with Crippen LogP contribution < -0.4 is 5.32 Å². The Morgan fingerprint density at radius 2 is 2.33 bits per heavy atom. The van der Waals surface area contributed by atoms with Crippen LogP contribution in [0.5, 0.6) is 0 Å². The number of aliphatic carboxylic acids is 1. The first kappa shape index (κ1) is 15.2. The zero-order valence-electron chi connectivity index (χ0n) is 11.6. The summed E-state index contributed by atoms with van der Waals surface area (Å²) in [6, 6.07) is 1.61. The van der Waals surface area contributed by atoms with Gasteiger partial charge in [0.2, 0.25) is 0 Å². The molecule has 0 saturated carbocycles. The molecule has 1 unspecified atom stereocenters. The molecule has 2 N–H and O–H groups in total. The van der Waals surface area contributed by atoms with Crippen LogP contribution in [0, 0.1) is 0 Å². The third-order valence-electron chi connectivity index (χ3n) is 3.22. The summed E-state index contributed by atoms with van der Waals surface area (Å²) in [4.78, 5) is 26.4. The molecule has 1 aliphatic rings. The molecule has 0 spiro atoms. The third kappa shape index (κ3) is 5.00. The Morgan fingerprint density at radius 3 is 3.05 bits per heavy atom. The summed E-state index contributed by atoms with van der Waals surface area (Å²) in [5.74, 6) is -1.26. The standard InChI is InChI=1S/C15H18N2O4/c18-14(19)4-3-11-8-12(10-16-9-11)15(20)17-6-5-13-2-1-7-21-13/h3-4,8-10,13H,1-2,5-7H2,(H,17,20)(H,18,19). The van der Waals surface area contributed by atoms with Crippen molar-refractivity contribution in [1.82, 2.24) is 10.3 Å². The maximum absolute atomic E-state index is 12.0. The lowest BCUT2D eigenvalue weighted by molar-refractivity contribution is -0.131. The van der Waals surface area contributed by atoms with Crippen LogP contribution >= 0.6 is 0 Å². The minimum atomic E-state index is -1.04. The van der Waals surface area contributed by atoms with Crippen molar-refractivity contribution in [2.24, 2.45) is 0 Å². The van der Waals surface area contributed by atoms with Crippen LogP contribution in [0.1, 0.15) is 35.2 Å². The summed E-state index contributed by atoms with van der Waals surface area (Å²) in [6.45, 7) is 1.36. The molecular weight excluding hydrogens is 272 g/mol. The number of carbonyl (C=O) groups is 2. The van der Waals surface area contributed by atoms with E-state index in [9.17, 15) is 9.59 Å². The molecule has 0 bridgehead atoms. The van der Waals surface area contributed by atoms with E-state index in [1.807, 2.05) is 0 Å². The number of carboxylic acid groups (broad SMARTS) is 1. The monoisotopic (exact) mass is 290 g/mol. The number of aromatic nitrogens is 1. The average Bonchev–Trinajstić information content (AvgIpc) is 2.98. The van der Waals surface area contributed by atoms with Crippen LogP contribution in [0.4, 0.5) is 0 Å². The van der Waals surface area contributed by atoms with Crippen molar-refractivity contribution in [3.05, 3.63) is 35.7 Å². The topological polar surface area (TPSA) is 88.5 Å². The van der Waals surface area contributed by atoms with Gasteiger partial charge < -0.3 is 15.2 Å². The molecule has 1 saturated heterocycles. The second-order valence-electron chi connectivity index (χ2n) is 4.86. The van der Waals surface area contributed by atoms with E-state index in [2.05, 4.69) is 10.3 Å². The van der Waals surface area contributed by atoms with Gasteiger partial charge in [-0.25, -0.2) is 4.79 Å². The molecule has 112 valence electrons. The molecule has 6 heteroatoms. The maximum atomic E-state index is 12.0. The Balaban J connectivity index is 1.86. The highest BCUT2D eigenvalue weighted by atomic mass is 16.5. The molecule has 1 fully saturated rings. The molecule has 21 heavy (non-hydrogen) atoms. The van der Waals surface area contributed by atoms with Crippen LogP contribution in [-0.4, -0.2) is 41.2 Å². The van der Waals surface area contributed by atoms with Crippen molar-refractivity contribution in [3.63, 3.8) is 0 Å². The largest absolute Gasteiger partial charge is 0.478 e. The Kier molecular flexibility index (Phi) is 5.45. The van der Waals surface area contributed by atoms with E-state index in [0.29, 0.717) is 17.7 Å². The number of nitrogens with zero attached hydrogens (tertiary/aromatic N) is 1. The zero-order valence-corrected chi connectivity index (χ0v) is 11.6. The van der Waals surface area contributed by atoms with Crippen molar-refractivity contribution in [2.45, 2.75) is 25.4 Å². The first-order chi connectivity index (χ1) is 10.1. The molecule has 2 heterocycles. The summed E-state index contributed by atoms with van der Waals surface area (Å²) in [7, 11) is 0. The fourth-order valence-corrected chi connectivity index (χ4v) is 2.16. The highest BCUT2D eigenvalue weighted by Crippen LogP contribution is 2.14. The third-order valence-corrected chi connectivity index (χ3v) is 3.22. The van der Waals surface area contributed by atoms with E-state index in [1.165, 1.54) is 18.5 Å². The fraction of sp³-hybridized carbons (Fsp3) is 0.400. The quantitative estimate of drug-likeness (QED) is 0.775. The number of rotatable bonds is 6. The highest BCUT2D eigenvalue weighted by Gasteiger charge is 2.15. The van der Waals surface area contributed by atoms with Gasteiger partial charge in [0, 0.05) is 31.6 Å². The lowest BCUT2D eigenvalue weighted by Crippen LogP contribution is -2.27. The van der Waals surface area contributed by atoms with Crippen LogP contribution in [0.15, 0.2) is 24.5 Å². The van der Waals surface area contributed by atoms with Crippen molar-refractivity contribution in [1.29, 1.82) is 0 Å². The molecule has 1 amide bonds. The van der Waals surface area contributed by atoms with Crippen molar-refractivity contribution in [2.75, 3.05) is 13.2 Å². The Bertz CT molecular complexity index is 536. The summed E-state index contributed by atoms with van der Waals surface area (Å²) < 4.78 is 5.49. The van der Waals surface area contributed by atoms with Gasteiger partial charge in [-0.05, 0) is 37.0 Å². The molecule has 2 rings (SSSR count). The number of carbonyl (C=O) groups excluding carboxylic acids is 1. The van der Waals surface area contributed by atoms with Crippen molar-refractivity contribution >= 4 is 18.0 Å². The van der Waals surface area contributed by atoms with Gasteiger partial charge in [0.15, 0.2) is 0 Å². The zero-order chi connectivity index (χ0) is 15.1. The van der Waals surface area contributed by atoms with E-state index < -0.39 is 5.97 Å². The number of ether oxygens (including phenoxy) is 1. The molecule has 1 aromatic heterocycles. The molecule has 1 atom stereocenters. The Hall–Kier alpha value is -2.21. The van der Waals surface area contributed by atoms with Gasteiger partial charge in [-0.1, -0.05) is 0 Å².